The van der Waals surface area contributed by atoms with E-state index in [4.69, 9.17) is 4.74 Å². The van der Waals surface area contributed by atoms with Gasteiger partial charge in [0.1, 0.15) is 0 Å². The molecule has 5 aliphatic rings. The van der Waals surface area contributed by atoms with Gasteiger partial charge in [-0.25, -0.2) is 4.39 Å². The monoisotopic (exact) mass is 372 g/mol. The van der Waals surface area contributed by atoms with Crippen LogP contribution in [0.4, 0.5) is 4.39 Å². The second kappa shape index (κ2) is 5.18. The Morgan fingerprint density at radius 2 is 1.93 bits per heavy atom. The quantitative estimate of drug-likeness (QED) is 0.661. The number of alkyl halides is 1. The summed E-state index contributed by atoms with van der Waals surface area (Å²) in [5.74, 6) is 0.0734. The molecule has 0 N–H and O–H groups in total. The second-order valence-corrected chi connectivity index (χ2v) is 9.61. The number of hydrogen-bond acceptors (Lipinski definition) is 4. The van der Waals surface area contributed by atoms with Gasteiger partial charge in [0.25, 0.3) is 0 Å². The summed E-state index contributed by atoms with van der Waals surface area (Å²) in [6.07, 6.45) is 5.32. The predicted molar refractivity (Wildman–Crippen MR) is 95.0 cm³/mol. The van der Waals surface area contributed by atoms with Crippen molar-refractivity contribution in [3.63, 3.8) is 0 Å². The highest BCUT2D eigenvalue weighted by Crippen LogP contribution is 2.70. The fraction of sp³-hybridized carbons (Fsp3) is 0.682. The van der Waals surface area contributed by atoms with Crippen LogP contribution in [-0.2, 0) is 19.1 Å². The molecule has 0 aromatic carbocycles. The van der Waals surface area contributed by atoms with Crippen LogP contribution in [0.2, 0.25) is 0 Å². The van der Waals surface area contributed by atoms with Crippen LogP contribution in [0.15, 0.2) is 23.5 Å². The van der Waals surface area contributed by atoms with Crippen molar-refractivity contribution in [2.24, 2.45) is 40.4 Å². The van der Waals surface area contributed by atoms with Crippen LogP contribution < -0.4 is 0 Å². The van der Waals surface area contributed by atoms with Crippen LogP contribution in [0.3, 0.4) is 0 Å². The van der Waals surface area contributed by atoms with E-state index in [-0.39, 0.29) is 52.3 Å². The minimum atomic E-state index is -1.35. The Balaban J connectivity index is 1.62. The maximum absolute atomic E-state index is 14.3. The summed E-state index contributed by atoms with van der Waals surface area (Å²) >= 11 is 0. The molecule has 5 rings (SSSR count). The molecular formula is C22H25FO4. The highest BCUT2D eigenvalue weighted by Gasteiger charge is 2.68. The molecule has 0 aromatic heterocycles. The van der Waals surface area contributed by atoms with Crippen LogP contribution in [-0.4, -0.2) is 23.7 Å². The van der Waals surface area contributed by atoms with Crippen molar-refractivity contribution in [2.45, 2.75) is 52.6 Å². The van der Waals surface area contributed by atoms with Crippen LogP contribution >= 0.6 is 0 Å². The Bertz CT molecular complexity index is 841. The summed E-state index contributed by atoms with van der Waals surface area (Å²) < 4.78 is 19.7. The lowest BCUT2D eigenvalue weighted by Gasteiger charge is -2.54. The molecule has 27 heavy (non-hydrogen) atoms. The molecule has 0 aromatic rings. The van der Waals surface area contributed by atoms with Gasteiger partial charge in [-0.2, -0.15) is 0 Å². The lowest BCUT2D eigenvalue weighted by molar-refractivity contribution is -0.142. The van der Waals surface area contributed by atoms with Gasteiger partial charge >= 0.3 is 5.97 Å². The topological polar surface area (TPSA) is 60.4 Å². The smallest absolute Gasteiger partial charge is 0.308 e. The van der Waals surface area contributed by atoms with Gasteiger partial charge in [0.2, 0.25) is 5.78 Å². The molecule has 0 saturated heterocycles. The summed E-state index contributed by atoms with van der Waals surface area (Å²) in [6, 6.07) is 0. The molecule has 0 bridgehead atoms. The zero-order valence-electron chi connectivity index (χ0n) is 16.0. The number of hydrogen-bond donors (Lipinski definition) is 0. The van der Waals surface area contributed by atoms with E-state index in [1.54, 1.807) is 0 Å². The lowest BCUT2D eigenvalue weighted by Crippen LogP contribution is -2.50. The van der Waals surface area contributed by atoms with E-state index in [0.29, 0.717) is 12.8 Å². The molecule has 1 unspecified atom stereocenters. The van der Waals surface area contributed by atoms with E-state index in [0.717, 1.165) is 18.4 Å². The van der Waals surface area contributed by atoms with E-state index in [1.807, 2.05) is 13.0 Å². The average molecular weight is 372 g/mol. The van der Waals surface area contributed by atoms with Crippen molar-refractivity contribution < 1.29 is 23.5 Å². The van der Waals surface area contributed by atoms with Gasteiger partial charge in [-0.05, 0) is 49.4 Å². The highest BCUT2D eigenvalue weighted by atomic mass is 19.1. The minimum absolute atomic E-state index is 0.0142. The maximum atomic E-state index is 14.3. The molecule has 0 amide bonds. The Morgan fingerprint density at radius 1 is 1.19 bits per heavy atom. The molecule has 5 heteroatoms. The number of allylic oxidation sites excluding steroid dienone is 4. The van der Waals surface area contributed by atoms with Crippen molar-refractivity contribution in [2.75, 3.05) is 0 Å². The third kappa shape index (κ3) is 2.01. The van der Waals surface area contributed by atoms with Crippen molar-refractivity contribution in [3.8, 4) is 0 Å². The molecule has 0 heterocycles. The predicted octanol–water partition coefficient (Wildman–Crippen LogP) is 3.56. The van der Waals surface area contributed by atoms with E-state index in [2.05, 4.69) is 13.0 Å². The molecular weight excluding hydrogens is 347 g/mol. The summed E-state index contributed by atoms with van der Waals surface area (Å²) in [4.78, 5) is 36.8. The van der Waals surface area contributed by atoms with Crippen molar-refractivity contribution in [1.29, 1.82) is 0 Å². The van der Waals surface area contributed by atoms with Crippen LogP contribution in [0.5, 0.6) is 0 Å². The van der Waals surface area contributed by atoms with Gasteiger partial charge in [-0.1, -0.05) is 26.0 Å². The molecule has 5 aliphatic carbocycles. The first-order valence-corrected chi connectivity index (χ1v) is 10.0. The Kier molecular flexibility index (Phi) is 3.32. The average Bonchev–Trinajstić information content (AvgIpc) is 3.38. The van der Waals surface area contributed by atoms with Gasteiger partial charge < -0.3 is 4.74 Å². The van der Waals surface area contributed by atoms with Gasteiger partial charge in [-0.3, -0.25) is 14.4 Å². The number of carbonyl (C=O) groups is 3. The maximum Gasteiger partial charge on any atom is 0.308 e. The SMILES string of the molecule is CC(=O)OC1=C2C=C[C@H]3[C@@H]4C[C@H](F)C(=O)[C@@]4(C)CC[C@@H]3[C@@]2(C)C2C[C@@H]2C1=O. The minimum Gasteiger partial charge on any atom is -0.423 e. The molecule has 144 valence electrons. The number of rotatable bonds is 1. The fourth-order valence-electron chi connectivity index (χ4n) is 7.00. The second-order valence-electron chi connectivity index (χ2n) is 9.61. The first-order valence-electron chi connectivity index (χ1n) is 10.0. The largest absolute Gasteiger partial charge is 0.423 e. The standard InChI is InChI=1S/C22H25FO4/c1-10(24)27-19-14-5-4-11-13(22(14,3)16-8-12(16)18(19)25)6-7-21(2)15(11)9-17(23)20(21)26/h4-5,11-13,15-17H,6-9H2,1-3H3/t11-,12+,13+,15+,16?,17+,21+,22-/m1/s1. The zero-order chi connectivity index (χ0) is 19.3. The molecule has 0 aliphatic heterocycles. The molecule has 4 nitrogen and oxygen atoms in total. The molecule has 0 spiro atoms. The molecule has 8 atom stereocenters. The van der Waals surface area contributed by atoms with Gasteiger partial charge in [-0.15, -0.1) is 0 Å². The van der Waals surface area contributed by atoms with E-state index in [1.165, 1.54) is 6.92 Å². The molecule has 0 radical (unpaired) electrons. The number of halogens is 1. The third-order valence-electron chi connectivity index (χ3n) is 8.48. The summed E-state index contributed by atoms with van der Waals surface area (Å²) in [7, 11) is 0. The number of fused-ring (bicyclic) bond motifs is 7. The van der Waals surface area contributed by atoms with Gasteiger partial charge in [0.15, 0.2) is 17.7 Å². The van der Waals surface area contributed by atoms with E-state index >= 15 is 0 Å². The Morgan fingerprint density at radius 3 is 2.63 bits per heavy atom. The first-order chi connectivity index (χ1) is 12.7. The Hall–Kier alpha value is -1.78. The number of esters is 1. The summed E-state index contributed by atoms with van der Waals surface area (Å²) in [5.41, 5.74) is 0.0170. The number of carbonyl (C=O) groups excluding carboxylic acids is 3. The fourth-order valence-corrected chi connectivity index (χ4v) is 7.00. The van der Waals surface area contributed by atoms with Crippen molar-refractivity contribution in [3.05, 3.63) is 23.5 Å². The van der Waals surface area contributed by atoms with Crippen LogP contribution in [0.25, 0.3) is 0 Å². The highest BCUT2D eigenvalue weighted by molar-refractivity contribution is 6.02. The van der Waals surface area contributed by atoms with Crippen molar-refractivity contribution in [1.82, 2.24) is 0 Å². The normalized spacial score (nSPS) is 49.9. The van der Waals surface area contributed by atoms with Crippen LogP contribution in [0, 0.1) is 40.4 Å². The van der Waals surface area contributed by atoms with E-state index in [9.17, 15) is 18.8 Å². The lowest BCUT2D eigenvalue weighted by atomic mass is 9.49. The van der Waals surface area contributed by atoms with Crippen LogP contribution in [0.1, 0.15) is 46.5 Å². The number of ether oxygens (including phenoxy) is 1. The first kappa shape index (κ1) is 17.3. The van der Waals surface area contributed by atoms with Gasteiger partial charge in [0, 0.05) is 29.2 Å². The summed E-state index contributed by atoms with van der Waals surface area (Å²) in [6.45, 7) is 5.45. The zero-order valence-corrected chi connectivity index (χ0v) is 16.0. The van der Waals surface area contributed by atoms with Crippen molar-refractivity contribution >= 4 is 17.5 Å². The number of ketones is 2. The molecule has 3 saturated carbocycles. The molecule has 3 fully saturated rings. The van der Waals surface area contributed by atoms with E-state index < -0.39 is 17.6 Å². The number of Topliss-reactive ketones (excluding diaryl/α,β-unsaturated/α-hetero) is 2. The van der Waals surface area contributed by atoms with Gasteiger partial charge in [0.05, 0.1) is 0 Å². The third-order valence-corrected chi connectivity index (χ3v) is 8.48. The Labute approximate surface area is 158 Å². The summed E-state index contributed by atoms with van der Waals surface area (Å²) in [5, 5.41) is 0.